The standard InChI is InChI=1S/C13H10N6S/c1-8-15-7-11(20-8)10-4-12-14-2-3-19(12)13(18-10)9-5-16-17-6-9/h2-7H,1H3,(H,16,17). The lowest BCUT2D eigenvalue weighted by atomic mass is 10.3. The maximum atomic E-state index is 4.73. The van der Waals surface area contributed by atoms with Crippen LogP contribution < -0.4 is 0 Å². The van der Waals surface area contributed by atoms with Gasteiger partial charge < -0.3 is 0 Å². The zero-order valence-corrected chi connectivity index (χ0v) is 11.4. The molecule has 0 aliphatic heterocycles. The third-order valence-electron chi connectivity index (χ3n) is 3.02. The van der Waals surface area contributed by atoms with Gasteiger partial charge in [-0.1, -0.05) is 0 Å². The van der Waals surface area contributed by atoms with Gasteiger partial charge >= 0.3 is 0 Å². The maximum absolute atomic E-state index is 4.73. The Labute approximate surface area is 118 Å². The molecule has 1 N–H and O–H groups in total. The van der Waals surface area contributed by atoms with Crippen molar-refractivity contribution in [1.29, 1.82) is 0 Å². The Morgan fingerprint density at radius 3 is 2.95 bits per heavy atom. The van der Waals surface area contributed by atoms with E-state index in [9.17, 15) is 0 Å². The SMILES string of the molecule is Cc1ncc(-c2cc3nccn3c(-c3cn[nH]c3)n2)s1. The summed E-state index contributed by atoms with van der Waals surface area (Å²) in [6, 6.07) is 1.97. The maximum Gasteiger partial charge on any atom is 0.149 e. The first-order chi connectivity index (χ1) is 9.81. The van der Waals surface area contributed by atoms with Gasteiger partial charge in [-0.3, -0.25) is 9.50 Å². The molecule has 0 aliphatic carbocycles. The van der Waals surface area contributed by atoms with E-state index in [1.807, 2.05) is 36.0 Å². The molecule has 0 saturated heterocycles. The molecule has 4 aromatic heterocycles. The summed E-state index contributed by atoms with van der Waals surface area (Å²) >= 11 is 1.62. The molecule has 0 aromatic carbocycles. The van der Waals surface area contributed by atoms with E-state index in [-0.39, 0.29) is 0 Å². The van der Waals surface area contributed by atoms with Crippen molar-refractivity contribution in [3.8, 4) is 22.0 Å². The second kappa shape index (κ2) is 4.24. The lowest BCUT2D eigenvalue weighted by Crippen LogP contribution is -1.96. The normalized spacial score (nSPS) is 11.2. The summed E-state index contributed by atoms with van der Waals surface area (Å²) in [5.74, 6) is 0.815. The molecule has 20 heavy (non-hydrogen) atoms. The molecule has 0 spiro atoms. The predicted octanol–water partition coefficient (Wildman–Crippen LogP) is 2.55. The fourth-order valence-electron chi connectivity index (χ4n) is 2.11. The first kappa shape index (κ1) is 11.3. The molecule has 4 aromatic rings. The zero-order chi connectivity index (χ0) is 13.5. The van der Waals surface area contributed by atoms with E-state index in [1.165, 1.54) is 0 Å². The number of rotatable bonds is 2. The summed E-state index contributed by atoms with van der Waals surface area (Å²) in [5, 5.41) is 7.83. The number of fused-ring (bicyclic) bond motifs is 1. The van der Waals surface area contributed by atoms with Crippen molar-refractivity contribution in [2.24, 2.45) is 0 Å². The van der Waals surface area contributed by atoms with E-state index < -0.39 is 0 Å². The number of H-pyrrole nitrogens is 1. The van der Waals surface area contributed by atoms with Crippen LogP contribution >= 0.6 is 11.3 Å². The van der Waals surface area contributed by atoms with Crippen LogP contribution in [0, 0.1) is 6.92 Å². The van der Waals surface area contributed by atoms with Gasteiger partial charge in [-0.2, -0.15) is 5.10 Å². The Kier molecular flexibility index (Phi) is 2.40. The fourth-order valence-corrected chi connectivity index (χ4v) is 2.84. The molecule has 0 atom stereocenters. The number of nitrogens with one attached hydrogen (secondary N) is 1. The number of aryl methyl sites for hydroxylation is 1. The molecular formula is C13H10N6S. The average Bonchev–Trinajstić information content (AvgIpc) is 3.18. The van der Waals surface area contributed by atoms with Gasteiger partial charge in [-0.15, -0.1) is 11.3 Å². The molecule has 4 heterocycles. The van der Waals surface area contributed by atoms with Crippen molar-refractivity contribution in [1.82, 2.24) is 29.5 Å². The van der Waals surface area contributed by atoms with Gasteiger partial charge in [0.15, 0.2) is 0 Å². The van der Waals surface area contributed by atoms with Gasteiger partial charge in [0.25, 0.3) is 0 Å². The summed E-state index contributed by atoms with van der Waals surface area (Å²) in [5.41, 5.74) is 2.67. The minimum absolute atomic E-state index is 0.815. The number of thiazole rings is 1. The molecule has 7 heteroatoms. The Balaban J connectivity index is 2.00. The van der Waals surface area contributed by atoms with Gasteiger partial charge in [0.1, 0.15) is 11.5 Å². The fraction of sp³-hybridized carbons (Fsp3) is 0.0769. The van der Waals surface area contributed by atoms with Gasteiger partial charge in [0, 0.05) is 30.9 Å². The number of hydrogen-bond donors (Lipinski definition) is 1. The minimum atomic E-state index is 0.815. The number of hydrogen-bond acceptors (Lipinski definition) is 5. The highest BCUT2D eigenvalue weighted by atomic mass is 32.1. The highest BCUT2D eigenvalue weighted by Crippen LogP contribution is 2.27. The largest absolute Gasteiger partial charge is 0.285 e. The van der Waals surface area contributed by atoms with Crippen LogP contribution in [-0.2, 0) is 0 Å². The van der Waals surface area contributed by atoms with E-state index in [2.05, 4.69) is 20.2 Å². The summed E-state index contributed by atoms with van der Waals surface area (Å²) < 4.78 is 1.95. The number of aromatic amines is 1. The summed E-state index contributed by atoms with van der Waals surface area (Å²) in [4.78, 5) is 14.4. The van der Waals surface area contributed by atoms with E-state index in [4.69, 9.17) is 4.98 Å². The monoisotopic (exact) mass is 282 g/mol. The third-order valence-corrected chi connectivity index (χ3v) is 3.96. The van der Waals surface area contributed by atoms with Crippen LogP contribution in [0.2, 0.25) is 0 Å². The molecule has 0 saturated carbocycles. The van der Waals surface area contributed by atoms with Gasteiger partial charge in [0.05, 0.1) is 27.3 Å². The summed E-state index contributed by atoms with van der Waals surface area (Å²) in [6.07, 6.45) is 9.09. The lowest BCUT2D eigenvalue weighted by molar-refractivity contribution is 1.09. The van der Waals surface area contributed by atoms with E-state index in [1.54, 1.807) is 23.7 Å². The Hall–Kier alpha value is -2.54. The first-order valence-corrected chi connectivity index (χ1v) is 6.89. The molecule has 4 rings (SSSR count). The van der Waals surface area contributed by atoms with Crippen LogP contribution in [0.5, 0.6) is 0 Å². The van der Waals surface area contributed by atoms with Crippen LogP contribution in [0.4, 0.5) is 0 Å². The van der Waals surface area contributed by atoms with Crippen molar-refractivity contribution in [3.05, 3.63) is 42.1 Å². The van der Waals surface area contributed by atoms with Crippen LogP contribution in [0.3, 0.4) is 0 Å². The van der Waals surface area contributed by atoms with E-state index in [0.29, 0.717) is 0 Å². The zero-order valence-electron chi connectivity index (χ0n) is 10.6. The van der Waals surface area contributed by atoms with Crippen molar-refractivity contribution in [2.75, 3.05) is 0 Å². The highest BCUT2D eigenvalue weighted by molar-refractivity contribution is 7.15. The molecule has 0 amide bonds. The van der Waals surface area contributed by atoms with Gasteiger partial charge in [-0.25, -0.2) is 15.0 Å². The quantitative estimate of drug-likeness (QED) is 0.613. The molecule has 0 radical (unpaired) electrons. The second-order valence-corrected chi connectivity index (χ2v) is 5.59. The number of aromatic nitrogens is 6. The van der Waals surface area contributed by atoms with E-state index >= 15 is 0 Å². The van der Waals surface area contributed by atoms with Crippen LogP contribution in [-0.4, -0.2) is 29.5 Å². The van der Waals surface area contributed by atoms with Crippen LogP contribution in [0.15, 0.2) is 37.1 Å². The van der Waals surface area contributed by atoms with Crippen molar-refractivity contribution < 1.29 is 0 Å². The summed E-state index contributed by atoms with van der Waals surface area (Å²) in [7, 11) is 0. The van der Waals surface area contributed by atoms with Crippen molar-refractivity contribution >= 4 is 17.0 Å². The van der Waals surface area contributed by atoms with Crippen LogP contribution in [0.25, 0.3) is 27.6 Å². The molecule has 6 nitrogen and oxygen atoms in total. The molecule has 0 fully saturated rings. The molecular weight excluding hydrogens is 272 g/mol. The van der Waals surface area contributed by atoms with Gasteiger partial charge in [0.2, 0.25) is 0 Å². The smallest absolute Gasteiger partial charge is 0.149 e. The first-order valence-electron chi connectivity index (χ1n) is 6.07. The molecule has 0 aliphatic rings. The molecule has 98 valence electrons. The topological polar surface area (TPSA) is 71.8 Å². The Morgan fingerprint density at radius 1 is 1.25 bits per heavy atom. The highest BCUT2D eigenvalue weighted by Gasteiger charge is 2.12. The van der Waals surface area contributed by atoms with Gasteiger partial charge in [-0.05, 0) is 6.92 Å². The minimum Gasteiger partial charge on any atom is -0.285 e. The molecule has 0 unspecified atom stereocenters. The van der Waals surface area contributed by atoms with Crippen molar-refractivity contribution in [2.45, 2.75) is 6.92 Å². The molecule has 0 bridgehead atoms. The predicted molar refractivity (Wildman–Crippen MR) is 76.4 cm³/mol. The number of imidazole rings is 1. The van der Waals surface area contributed by atoms with Crippen LogP contribution in [0.1, 0.15) is 5.01 Å². The van der Waals surface area contributed by atoms with E-state index in [0.717, 1.165) is 32.6 Å². The Morgan fingerprint density at radius 2 is 2.20 bits per heavy atom. The average molecular weight is 282 g/mol. The summed E-state index contributed by atoms with van der Waals surface area (Å²) in [6.45, 7) is 1.99. The number of nitrogens with zero attached hydrogens (tertiary/aromatic N) is 5. The second-order valence-electron chi connectivity index (χ2n) is 4.35. The lowest BCUT2D eigenvalue weighted by Gasteiger charge is -2.05. The Bertz CT molecular complexity index is 873. The van der Waals surface area contributed by atoms with Crippen molar-refractivity contribution in [3.63, 3.8) is 0 Å². The third kappa shape index (κ3) is 1.71.